The lowest BCUT2D eigenvalue weighted by Gasteiger charge is -2.12. The van der Waals surface area contributed by atoms with Crippen LogP contribution in [0.5, 0.6) is 0 Å². The van der Waals surface area contributed by atoms with Gasteiger partial charge in [0, 0.05) is 4.88 Å². The van der Waals surface area contributed by atoms with Crippen LogP contribution in [0.3, 0.4) is 0 Å². The van der Waals surface area contributed by atoms with Crippen molar-refractivity contribution < 1.29 is 23.9 Å². The molecule has 2 aromatic heterocycles. The van der Waals surface area contributed by atoms with E-state index < -0.39 is 24.5 Å². The normalized spacial score (nSPS) is 13.0. The van der Waals surface area contributed by atoms with Crippen LogP contribution in [0.15, 0.2) is 24.5 Å². The molecule has 0 atom stereocenters. The van der Waals surface area contributed by atoms with Gasteiger partial charge in [0.1, 0.15) is 5.00 Å². The fraction of sp³-hybridized carbons (Fsp3) is 0.333. The monoisotopic (exact) mass is 427 g/mol. The van der Waals surface area contributed by atoms with Crippen molar-refractivity contribution in [1.29, 1.82) is 0 Å². The van der Waals surface area contributed by atoms with Crippen LogP contribution in [0.4, 0.5) is 5.00 Å². The highest BCUT2D eigenvalue weighted by Crippen LogP contribution is 2.38. The van der Waals surface area contributed by atoms with Crippen molar-refractivity contribution in [1.82, 2.24) is 9.97 Å². The van der Waals surface area contributed by atoms with Crippen LogP contribution in [0.25, 0.3) is 11.0 Å². The molecule has 0 saturated carbocycles. The molecule has 0 fully saturated rings. The molecule has 0 spiro atoms. The summed E-state index contributed by atoms with van der Waals surface area (Å²) >= 11 is 1.39. The molecule has 1 aliphatic carbocycles. The summed E-state index contributed by atoms with van der Waals surface area (Å²) in [7, 11) is 0. The lowest BCUT2D eigenvalue weighted by Crippen LogP contribution is -2.22. The zero-order valence-electron chi connectivity index (χ0n) is 16.4. The summed E-state index contributed by atoms with van der Waals surface area (Å²) in [5, 5.41) is 3.18. The Morgan fingerprint density at radius 2 is 2.00 bits per heavy atom. The number of carbonyl (C=O) groups excluding carboxylic acids is 3. The second-order valence-electron chi connectivity index (χ2n) is 6.89. The van der Waals surface area contributed by atoms with Crippen LogP contribution < -0.4 is 5.32 Å². The number of esters is 2. The Balaban J connectivity index is 1.44. The molecule has 2 N–H and O–H groups in total. The Kier molecular flexibility index (Phi) is 5.80. The van der Waals surface area contributed by atoms with E-state index >= 15 is 0 Å². The van der Waals surface area contributed by atoms with Gasteiger partial charge in [-0.2, -0.15) is 0 Å². The minimum Gasteiger partial charge on any atom is -0.462 e. The first-order chi connectivity index (χ1) is 14.6. The highest BCUT2D eigenvalue weighted by molar-refractivity contribution is 7.17. The number of aryl methyl sites for hydroxylation is 1. The van der Waals surface area contributed by atoms with Crippen molar-refractivity contribution in [3.05, 3.63) is 46.1 Å². The fourth-order valence-electron chi connectivity index (χ4n) is 3.51. The van der Waals surface area contributed by atoms with Crippen molar-refractivity contribution in [2.24, 2.45) is 0 Å². The highest BCUT2D eigenvalue weighted by atomic mass is 32.1. The molecule has 2 heterocycles. The van der Waals surface area contributed by atoms with Gasteiger partial charge in [0.05, 0.1) is 35.1 Å². The van der Waals surface area contributed by atoms with Gasteiger partial charge >= 0.3 is 11.9 Å². The number of fused-ring (bicyclic) bond motifs is 2. The van der Waals surface area contributed by atoms with E-state index in [-0.39, 0.29) is 6.61 Å². The van der Waals surface area contributed by atoms with Gasteiger partial charge in [0.15, 0.2) is 6.61 Å². The molecule has 156 valence electrons. The predicted molar refractivity (Wildman–Crippen MR) is 112 cm³/mol. The molecule has 1 amide bonds. The number of thiophene rings is 1. The van der Waals surface area contributed by atoms with Crippen molar-refractivity contribution in [3.8, 4) is 0 Å². The molecule has 0 bridgehead atoms. The molecule has 4 rings (SSSR count). The van der Waals surface area contributed by atoms with Crippen molar-refractivity contribution >= 4 is 45.2 Å². The van der Waals surface area contributed by atoms with E-state index in [0.717, 1.165) is 41.6 Å². The number of amides is 1. The number of rotatable bonds is 6. The minimum atomic E-state index is -0.613. The zero-order valence-corrected chi connectivity index (χ0v) is 17.3. The van der Waals surface area contributed by atoms with E-state index in [1.165, 1.54) is 17.7 Å². The SMILES string of the molecule is CCOC(=O)c1c(NC(=O)COC(=O)c2ccc3nc[nH]c3c2)sc2c1CCCC2. The minimum absolute atomic E-state index is 0.259. The number of nitrogens with one attached hydrogen (secondary N) is 2. The quantitative estimate of drug-likeness (QED) is 0.583. The summed E-state index contributed by atoms with van der Waals surface area (Å²) in [4.78, 5) is 45.3. The summed E-state index contributed by atoms with van der Waals surface area (Å²) in [5.74, 6) is -1.55. The predicted octanol–water partition coefficient (Wildman–Crippen LogP) is 3.48. The molecule has 9 heteroatoms. The first-order valence-electron chi connectivity index (χ1n) is 9.78. The first kappa shape index (κ1) is 20.1. The van der Waals surface area contributed by atoms with E-state index in [1.807, 2.05) is 0 Å². The number of aromatic amines is 1. The van der Waals surface area contributed by atoms with E-state index in [9.17, 15) is 14.4 Å². The average molecular weight is 427 g/mol. The number of aromatic nitrogens is 2. The van der Waals surface area contributed by atoms with Crippen LogP contribution in [-0.2, 0) is 27.1 Å². The van der Waals surface area contributed by atoms with Crippen molar-refractivity contribution in [3.63, 3.8) is 0 Å². The van der Waals surface area contributed by atoms with E-state index in [2.05, 4.69) is 15.3 Å². The fourth-order valence-corrected chi connectivity index (χ4v) is 4.81. The Morgan fingerprint density at radius 1 is 1.17 bits per heavy atom. The third kappa shape index (κ3) is 4.06. The summed E-state index contributed by atoms with van der Waals surface area (Å²) in [6, 6.07) is 4.91. The lowest BCUT2D eigenvalue weighted by molar-refractivity contribution is -0.119. The summed E-state index contributed by atoms with van der Waals surface area (Å²) in [6.45, 7) is 1.55. The molecule has 0 saturated heterocycles. The highest BCUT2D eigenvalue weighted by Gasteiger charge is 2.27. The Hall–Kier alpha value is -3.20. The maximum atomic E-state index is 12.5. The Bertz CT molecular complexity index is 1120. The maximum absolute atomic E-state index is 12.5. The van der Waals surface area contributed by atoms with Crippen LogP contribution in [0.2, 0.25) is 0 Å². The standard InChI is InChI=1S/C21H21N3O5S/c1-2-28-21(27)18-13-5-3-4-6-16(13)30-19(18)24-17(25)10-29-20(26)12-7-8-14-15(9-12)23-11-22-14/h7-9,11H,2-6,10H2,1H3,(H,22,23)(H,24,25). The number of anilines is 1. The van der Waals surface area contributed by atoms with Crippen molar-refractivity contribution in [2.75, 3.05) is 18.5 Å². The second-order valence-corrected chi connectivity index (χ2v) is 8.00. The van der Waals surface area contributed by atoms with E-state index in [4.69, 9.17) is 9.47 Å². The van der Waals surface area contributed by atoms with E-state index in [1.54, 1.807) is 25.1 Å². The third-order valence-electron chi connectivity index (χ3n) is 4.89. The van der Waals surface area contributed by atoms with Crippen LogP contribution in [-0.4, -0.2) is 41.0 Å². The van der Waals surface area contributed by atoms with Gasteiger partial charge in [0.2, 0.25) is 0 Å². The van der Waals surface area contributed by atoms with Gasteiger partial charge in [-0.15, -0.1) is 11.3 Å². The number of hydrogen-bond acceptors (Lipinski definition) is 7. The molecular formula is C21H21N3O5S. The molecule has 0 aliphatic heterocycles. The van der Waals surface area contributed by atoms with Crippen LogP contribution >= 0.6 is 11.3 Å². The number of H-pyrrole nitrogens is 1. The molecule has 1 aromatic carbocycles. The molecular weight excluding hydrogens is 406 g/mol. The van der Waals surface area contributed by atoms with Gasteiger partial charge in [0.25, 0.3) is 5.91 Å². The molecule has 0 unspecified atom stereocenters. The van der Waals surface area contributed by atoms with Gasteiger partial charge in [-0.05, 0) is 56.4 Å². The maximum Gasteiger partial charge on any atom is 0.341 e. The number of hydrogen-bond donors (Lipinski definition) is 2. The molecule has 1 aliphatic rings. The largest absolute Gasteiger partial charge is 0.462 e. The molecule has 3 aromatic rings. The van der Waals surface area contributed by atoms with E-state index in [0.29, 0.717) is 21.6 Å². The zero-order chi connectivity index (χ0) is 21.1. The smallest absolute Gasteiger partial charge is 0.341 e. The van der Waals surface area contributed by atoms with Crippen molar-refractivity contribution in [2.45, 2.75) is 32.6 Å². The topological polar surface area (TPSA) is 110 Å². The summed E-state index contributed by atoms with van der Waals surface area (Å²) in [6.07, 6.45) is 5.27. The third-order valence-corrected chi connectivity index (χ3v) is 6.10. The Morgan fingerprint density at radius 3 is 2.83 bits per heavy atom. The molecule has 0 radical (unpaired) electrons. The molecule has 8 nitrogen and oxygen atoms in total. The summed E-state index contributed by atoms with van der Waals surface area (Å²) in [5.41, 5.74) is 3.15. The number of nitrogens with zero attached hydrogens (tertiary/aromatic N) is 1. The lowest BCUT2D eigenvalue weighted by atomic mass is 9.95. The summed E-state index contributed by atoms with van der Waals surface area (Å²) < 4.78 is 10.3. The average Bonchev–Trinajstić information content (AvgIpc) is 3.35. The van der Waals surface area contributed by atoms with Gasteiger partial charge in [-0.25, -0.2) is 14.6 Å². The number of benzene rings is 1. The first-order valence-corrected chi connectivity index (χ1v) is 10.6. The number of carbonyl (C=O) groups is 3. The van der Waals surface area contributed by atoms with Gasteiger partial charge in [-0.1, -0.05) is 0 Å². The number of ether oxygens (including phenoxy) is 2. The molecule has 30 heavy (non-hydrogen) atoms. The van der Waals surface area contributed by atoms with Crippen LogP contribution in [0.1, 0.15) is 50.9 Å². The number of imidazole rings is 1. The van der Waals surface area contributed by atoms with Crippen LogP contribution in [0, 0.1) is 0 Å². The van der Waals surface area contributed by atoms with Gasteiger partial charge < -0.3 is 19.8 Å². The second kappa shape index (κ2) is 8.66. The van der Waals surface area contributed by atoms with Gasteiger partial charge in [-0.3, -0.25) is 4.79 Å². The Labute approximate surface area is 176 Å².